The number of benzene rings is 3. The van der Waals surface area contributed by atoms with Crippen LogP contribution in [0.1, 0.15) is 25.0 Å². The minimum atomic E-state index is -0.699. The molecule has 6 nitrogen and oxygen atoms in total. The van der Waals surface area contributed by atoms with Crippen molar-refractivity contribution >= 4 is 27.7 Å². The zero-order valence-corrected chi connectivity index (χ0v) is 21.8. The molecule has 0 unspecified atom stereocenters. The molecule has 0 aliphatic rings. The van der Waals surface area contributed by atoms with E-state index in [-0.39, 0.29) is 31.0 Å². The van der Waals surface area contributed by atoms with Crippen LogP contribution in [0.15, 0.2) is 83.3 Å². The smallest absolute Gasteiger partial charge is 0.261 e. The second-order valence-corrected chi connectivity index (χ2v) is 9.40. The van der Waals surface area contributed by atoms with E-state index in [2.05, 4.69) is 21.2 Å². The van der Waals surface area contributed by atoms with Crippen molar-refractivity contribution in [2.24, 2.45) is 0 Å². The van der Waals surface area contributed by atoms with Crippen LogP contribution in [-0.2, 0) is 22.6 Å². The molecule has 0 aromatic heterocycles. The number of carbonyl (C=O) groups is 2. The Morgan fingerprint density at radius 2 is 1.51 bits per heavy atom. The van der Waals surface area contributed by atoms with Gasteiger partial charge in [0.05, 0.1) is 7.11 Å². The Morgan fingerprint density at radius 1 is 0.886 bits per heavy atom. The van der Waals surface area contributed by atoms with Gasteiger partial charge in [-0.2, -0.15) is 0 Å². The van der Waals surface area contributed by atoms with Crippen LogP contribution < -0.4 is 14.8 Å². The van der Waals surface area contributed by atoms with Crippen molar-refractivity contribution in [3.05, 3.63) is 94.5 Å². The molecule has 0 bridgehead atoms. The van der Waals surface area contributed by atoms with E-state index in [1.807, 2.05) is 68.4 Å². The van der Waals surface area contributed by atoms with Gasteiger partial charge < -0.3 is 19.7 Å². The molecule has 0 aliphatic carbocycles. The Bertz CT molecular complexity index is 1090. The number of nitrogens with zero attached hydrogens (tertiary/aromatic N) is 1. The predicted octanol–water partition coefficient (Wildman–Crippen LogP) is 5.00. The highest BCUT2D eigenvalue weighted by molar-refractivity contribution is 9.10. The number of carbonyl (C=O) groups excluding carboxylic acids is 2. The Labute approximate surface area is 215 Å². The molecule has 3 rings (SSSR count). The second-order valence-electron chi connectivity index (χ2n) is 8.48. The van der Waals surface area contributed by atoms with Gasteiger partial charge in [0.1, 0.15) is 17.5 Å². The molecule has 0 fully saturated rings. The van der Waals surface area contributed by atoms with Crippen molar-refractivity contribution in [1.29, 1.82) is 0 Å². The fourth-order valence-corrected chi connectivity index (χ4v) is 3.89. The third-order valence-electron chi connectivity index (χ3n) is 5.39. The van der Waals surface area contributed by atoms with Crippen LogP contribution in [0.5, 0.6) is 11.5 Å². The van der Waals surface area contributed by atoms with Crippen molar-refractivity contribution in [1.82, 2.24) is 10.2 Å². The number of amides is 2. The average Bonchev–Trinajstić information content (AvgIpc) is 2.86. The summed E-state index contributed by atoms with van der Waals surface area (Å²) < 4.78 is 11.9. The highest BCUT2D eigenvalue weighted by Crippen LogP contribution is 2.19. The molecule has 184 valence electrons. The number of ether oxygens (including phenoxy) is 2. The molecular weight excluding hydrogens is 508 g/mol. The summed E-state index contributed by atoms with van der Waals surface area (Å²) in [6, 6.07) is 23.7. The number of halogens is 1. The van der Waals surface area contributed by atoms with Crippen LogP contribution in [0.3, 0.4) is 0 Å². The summed E-state index contributed by atoms with van der Waals surface area (Å²) in [6.07, 6.45) is 0.393. The monoisotopic (exact) mass is 538 g/mol. The summed E-state index contributed by atoms with van der Waals surface area (Å²) in [5.41, 5.74) is 1.89. The molecule has 0 saturated heterocycles. The van der Waals surface area contributed by atoms with Crippen molar-refractivity contribution in [3.8, 4) is 11.5 Å². The quantitative estimate of drug-likeness (QED) is 0.373. The van der Waals surface area contributed by atoms with Gasteiger partial charge in [0.2, 0.25) is 5.91 Å². The van der Waals surface area contributed by atoms with E-state index in [4.69, 9.17) is 9.47 Å². The number of methoxy groups -OCH3 is 1. The maximum atomic E-state index is 13.5. The SMILES string of the molecule is COc1ccc(OCC(=O)N(Cc2ccc(Br)cc2)[C@@H](Cc2ccccc2)C(=O)NC(C)C)cc1. The molecule has 0 saturated carbocycles. The maximum absolute atomic E-state index is 13.5. The van der Waals surface area contributed by atoms with Crippen molar-refractivity contribution in [3.63, 3.8) is 0 Å². The fourth-order valence-electron chi connectivity index (χ4n) is 3.62. The van der Waals surface area contributed by atoms with Crippen molar-refractivity contribution < 1.29 is 19.1 Å². The molecule has 1 atom stereocenters. The Balaban J connectivity index is 1.87. The van der Waals surface area contributed by atoms with Crippen LogP contribution >= 0.6 is 15.9 Å². The van der Waals surface area contributed by atoms with Crippen LogP contribution in [0, 0.1) is 0 Å². The van der Waals surface area contributed by atoms with E-state index >= 15 is 0 Å². The molecule has 0 heterocycles. The predicted molar refractivity (Wildman–Crippen MR) is 140 cm³/mol. The lowest BCUT2D eigenvalue weighted by Crippen LogP contribution is -2.52. The van der Waals surface area contributed by atoms with Gasteiger partial charge in [-0.15, -0.1) is 0 Å². The summed E-state index contributed by atoms with van der Waals surface area (Å²) >= 11 is 3.45. The van der Waals surface area contributed by atoms with Crippen LogP contribution in [0.25, 0.3) is 0 Å². The minimum Gasteiger partial charge on any atom is -0.497 e. The Hall–Kier alpha value is -3.32. The fraction of sp³-hybridized carbons (Fsp3) is 0.286. The molecule has 3 aromatic rings. The van der Waals surface area contributed by atoms with E-state index in [1.165, 1.54) is 0 Å². The first-order chi connectivity index (χ1) is 16.9. The molecule has 7 heteroatoms. The molecule has 3 aromatic carbocycles. The first kappa shape index (κ1) is 26.3. The van der Waals surface area contributed by atoms with Gasteiger partial charge in [0.25, 0.3) is 5.91 Å². The first-order valence-electron chi connectivity index (χ1n) is 11.5. The van der Waals surface area contributed by atoms with Gasteiger partial charge in [-0.1, -0.05) is 58.4 Å². The van der Waals surface area contributed by atoms with Gasteiger partial charge in [-0.3, -0.25) is 9.59 Å². The molecule has 35 heavy (non-hydrogen) atoms. The Kier molecular flexibility index (Phi) is 9.73. The standard InChI is InChI=1S/C28H31BrN2O4/c1-20(2)30-28(33)26(17-21-7-5-4-6-8-21)31(18-22-9-11-23(29)12-10-22)27(32)19-35-25-15-13-24(34-3)14-16-25/h4-16,20,26H,17-19H2,1-3H3,(H,30,33)/t26-/m0/s1. The number of hydrogen-bond donors (Lipinski definition) is 1. The van der Waals surface area contributed by atoms with Gasteiger partial charge in [0, 0.05) is 23.5 Å². The third kappa shape index (κ3) is 8.14. The summed E-state index contributed by atoms with van der Waals surface area (Å²) in [5.74, 6) is 0.783. The van der Waals surface area contributed by atoms with E-state index in [1.54, 1.807) is 36.3 Å². The molecular formula is C28H31BrN2O4. The molecule has 0 spiro atoms. The van der Waals surface area contributed by atoms with Gasteiger partial charge in [-0.25, -0.2) is 0 Å². The van der Waals surface area contributed by atoms with Crippen molar-refractivity contribution in [2.75, 3.05) is 13.7 Å². The van der Waals surface area contributed by atoms with Gasteiger partial charge in [0.15, 0.2) is 6.61 Å². The zero-order valence-electron chi connectivity index (χ0n) is 20.2. The Morgan fingerprint density at radius 3 is 2.11 bits per heavy atom. The van der Waals surface area contributed by atoms with Crippen molar-refractivity contribution in [2.45, 2.75) is 38.9 Å². The lowest BCUT2D eigenvalue weighted by Gasteiger charge is -2.32. The van der Waals surface area contributed by atoms with E-state index in [0.717, 1.165) is 15.6 Å². The lowest BCUT2D eigenvalue weighted by molar-refractivity contribution is -0.143. The average molecular weight is 539 g/mol. The minimum absolute atomic E-state index is 0.0547. The summed E-state index contributed by atoms with van der Waals surface area (Å²) in [5, 5.41) is 2.98. The van der Waals surface area contributed by atoms with Gasteiger partial charge >= 0.3 is 0 Å². The molecule has 2 amide bonds. The second kappa shape index (κ2) is 13.0. The topological polar surface area (TPSA) is 67.9 Å². The third-order valence-corrected chi connectivity index (χ3v) is 5.92. The number of nitrogens with one attached hydrogen (secondary N) is 1. The van der Waals surface area contributed by atoms with Crippen LogP contribution in [0.2, 0.25) is 0 Å². The van der Waals surface area contributed by atoms with E-state index in [0.29, 0.717) is 17.9 Å². The highest BCUT2D eigenvalue weighted by Gasteiger charge is 2.31. The van der Waals surface area contributed by atoms with Crippen LogP contribution in [-0.4, -0.2) is 42.5 Å². The number of rotatable bonds is 11. The largest absolute Gasteiger partial charge is 0.497 e. The molecule has 1 N–H and O–H groups in total. The zero-order chi connectivity index (χ0) is 25.2. The summed E-state index contributed by atoms with van der Waals surface area (Å²) in [4.78, 5) is 28.5. The number of hydrogen-bond acceptors (Lipinski definition) is 4. The lowest BCUT2D eigenvalue weighted by atomic mass is 10.0. The molecule has 0 radical (unpaired) electrons. The molecule has 0 aliphatic heterocycles. The highest BCUT2D eigenvalue weighted by atomic mass is 79.9. The van der Waals surface area contributed by atoms with Crippen LogP contribution in [0.4, 0.5) is 0 Å². The first-order valence-corrected chi connectivity index (χ1v) is 12.3. The summed E-state index contributed by atoms with van der Waals surface area (Å²) in [6.45, 7) is 3.90. The van der Waals surface area contributed by atoms with E-state index in [9.17, 15) is 9.59 Å². The maximum Gasteiger partial charge on any atom is 0.261 e. The van der Waals surface area contributed by atoms with E-state index < -0.39 is 6.04 Å². The van der Waals surface area contributed by atoms with Gasteiger partial charge in [-0.05, 0) is 61.4 Å². The normalized spacial score (nSPS) is 11.6. The summed E-state index contributed by atoms with van der Waals surface area (Å²) in [7, 11) is 1.59.